The first-order valence-electron chi connectivity index (χ1n) is 3.52. The van der Waals surface area contributed by atoms with E-state index in [0.29, 0.717) is 13.1 Å². The smallest absolute Gasteiger partial charge is 0.326 e. The van der Waals surface area contributed by atoms with Crippen molar-refractivity contribution in [1.82, 2.24) is 5.32 Å². The van der Waals surface area contributed by atoms with Gasteiger partial charge in [-0.15, -0.1) is 0 Å². The predicted octanol–water partition coefficient (Wildman–Crippen LogP) is 0.485. The molecule has 0 saturated carbocycles. The lowest BCUT2D eigenvalue weighted by atomic mass is 10.0. The highest BCUT2D eigenvalue weighted by atomic mass is 19.4. The molecule has 0 aromatic heterocycles. The zero-order valence-electron chi connectivity index (χ0n) is 5.99. The third-order valence-corrected chi connectivity index (χ3v) is 1.89. The molecule has 0 radical (unpaired) electrons. The SMILES string of the molecule is NC1CNCC1CC(F)(F)F. The molecule has 1 saturated heterocycles. The Hall–Kier alpha value is -0.290. The van der Waals surface area contributed by atoms with E-state index in [0.717, 1.165) is 0 Å². The minimum atomic E-state index is -4.08. The highest BCUT2D eigenvalue weighted by Crippen LogP contribution is 2.27. The van der Waals surface area contributed by atoms with Gasteiger partial charge in [-0.05, 0) is 12.5 Å². The van der Waals surface area contributed by atoms with Crippen molar-refractivity contribution in [2.75, 3.05) is 13.1 Å². The molecule has 0 amide bonds. The lowest BCUT2D eigenvalue weighted by Gasteiger charge is -2.15. The molecule has 1 rings (SSSR count). The fraction of sp³-hybridized carbons (Fsp3) is 1.00. The Labute approximate surface area is 62.9 Å². The van der Waals surface area contributed by atoms with Crippen LogP contribution >= 0.6 is 0 Å². The Bertz CT molecular complexity index is 134. The summed E-state index contributed by atoms with van der Waals surface area (Å²) in [5, 5.41) is 2.82. The van der Waals surface area contributed by atoms with E-state index in [1.54, 1.807) is 0 Å². The quantitative estimate of drug-likeness (QED) is 0.597. The molecule has 3 N–H and O–H groups in total. The second-order valence-corrected chi connectivity index (χ2v) is 2.90. The van der Waals surface area contributed by atoms with E-state index in [1.165, 1.54) is 0 Å². The summed E-state index contributed by atoms with van der Waals surface area (Å²) in [5.74, 6) is -0.435. The van der Waals surface area contributed by atoms with Crippen molar-refractivity contribution in [3.05, 3.63) is 0 Å². The van der Waals surface area contributed by atoms with Crippen LogP contribution in [0.5, 0.6) is 0 Å². The minimum Gasteiger partial charge on any atom is -0.326 e. The van der Waals surface area contributed by atoms with Crippen molar-refractivity contribution in [2.45, 2.75) is 18.6 Å². The highest BCUT2D eigenvalue weighted by Gasteiger charge is 2.36. The van der Waals surface area contributed by atoms with Crippen LogP contribution in [0.1, 0.15) is 6.42 Å². The molecule has 0 aliphatic carbocycles. The lowest BCUT2D eigenvalue weighted by Crippen LogP contribution is -2.32. The third kappa shape index (κ3) is 2.67. The van der Waals surface area contributed by atoms with Crippen LogP contribution in [0.25, 0.3) is 0 Å². The van der Waals surface area contributed by atoms with E-state index >= 15 is 0 Å². The average molecular weight is 168 g/mol. The van der Waals surface area contributed by atoms with Crippen LogP contribution in [0, 0.1) is 5.92 Å². The predicted molar refractivity (Wildman–Crippen MR) is 35.0 cm³/mol. The van der Waals surface area contributed by atoms with Crippen molar-refractivity contribution in [3.63, 3.8) is 0 Å². The molecule has 0 spiro atoms. The van der Waals surface area contributed by atoms with Gasteiger partial charge in [0.05, 0.1) is 0 Å². The number of rotatable bonds is 1. The van der Waals surface area contributed by atoms with Crippen molar-refractivity contribution in [2.24, 2.45) is 11.7 Å². The Kier molecular flexibility index (Phi) is 2.39. The largest absolute Gasteiger partial charge is 0.389 e. The van der Waals surface area contributed by atoms with Gasteiger partial charge in [-0.1, -0.05) is 0 Å². The first-order chi connectivity index (χ1) is 4.99. The molecule has 1 heterocycles. The van der Waals surface area contributed by atoms with Gasteiger partial charge in [0.2, 0.25) is 0 Å². The van der Waals surface area contributed by atoms with E-state index in [1.807, 2.05) is 0 Å². The maximum Gasteiger partial charge on any atom is 0.389 e. The van der Waals surface area contributed by atoms with E-state index in [4.69, 9.17) is 5.73 Å². The molecule has 1 aliphatic rings. The molecule has 1 aliphatic heterocycles. The normalized spacial score (nSPS) is 32.7. The van der Waals surface area contributed by atoms with Gasteiger partial charge >= 0.3 is 6.18 Å². The molecule has 2 atom stereocenters. The Morgan fingerprint density at radius 1 is 1.36 bits per heavy atom. The summed E-state index contributed by atoms with van der Waals surface area (Å²) in [5.41, 5.74) is 5.42. The van der Waals surface area contributed by atoms with E-state index < -0.39 is 18.5 Å². The molecule has 1 fully saturated rings. The molecule has 2 nitrogen and oxygen atoms in total. The summed E-state index contributed by atoms with van der Waals surface area (Å²) in [6.07, 6.45) is -4.84. The first kappa shape index (κ1) is 8.80. The summed E-state index contributed by atoms with van der Waals surface area (Å²) in [6, 6.07) is -0.336. The number of hydrogen-bond acceptors (Lipinski definition) is 2. The number of nitrogens with one attached hydrogen (secondary N) is 1. The maximum absolute atomic E-state index is 11.8. The third-order valence-electron chi connectivity index (χ3n) is 1.89. The Morgan fingerprint density at radius 2 is 2.00 bits per heavy atom. The second kappa shape index (κ2) is 2.98. The fourth-order valence-corrected chi connectivity index (χ4v) is 1.27. The number of nitrogens with two attached hydrogens (primary N) is 1. The molecule has 66 valence electrons. The zero-order chi connectivity index (χ0) is 8.48. The van der Waals surface area contributed by atoms with Gasteiger partial charge in [0.1, 0.15) is 0 Å². The van der Waals surface area contributed by atoms with E-state index in [9.17, 15) is 13.2 Å². The Balaban J connectivity index is 2.37. The number of halogens is 3. The number of hydrogen-bond donors (Lipinski definition) is 2. The summed E-state index contributed by atoms with van der Waals surface area (Å²) < 4.78 is 35.4. The summed E-state index contributed by atoms with van der Waals surface area (Å²) >= 11 is 0. The lowest BCUT2D eigenvalue weighted by molar-refractivity contribution is -0.143. The maximum atomic E-state index is 11.8. The van der Waals surface area contributed by atoms with Gasteiger partial charge in [-0.3, -0.25) is 0 Å². The van der Waals surface area contributed by atoms with Crippen molar-refractivity contribution in [1.29, 1.82) is 0 Å². The van der Waals surface area contributed by atoms with Gasteiger partial charge < -0.3 is 11.1 Å². The fourth-order valence-electron chi connectivity index (χ4n) is 1.27. The molecule has 0 aromatic carbocycles. The minimum absolute atomic E-state index is 0.336. The van der Waals surface area contributed by atoms with Crippen LogP contribution in [-0.2, 0) is 0 Å². The monoisotopic (exact) mass is 168 g/mol. The molecule has 5 heteroatoms. The van der Waals surface area contributed by atoms with Crippen molar-refractivity contribution < 1.29 is 13.2 Å². The van der Waals surface area contributed by atoms with E-state index in [2.05, 4.69) is 5.32 Å². The highest BCUT2D eigenvalue weighted by molar-refractivity contribution is 4.85. The molecule has 2 unspecified atom stereocenters. The first-order valence-corrected chi connectivity index (χ1v) is 3.52. The standard InChI is InChI=1S/C6H11F3N2/c7-6(8,9)1-4-2-11-3-5(4)10/h4-5,11H,1-3,10H2. The van der Waals surface area contributed by atoms with Crippen molar-refractivity contribution in [3.8, 4) is 0 Å². The topological polar surface area (TPSA) is 38.0 Å². The zero-order valence-corrected chi connectivity index (χ0v) is 5.99. The van der Waals surface area contributed by atoms with Crippen LogP contribution in [0.3, 0.4) is 0 Å². The summed E-state index contributed by atoms with van der Waals surface area (Å²) in [4.78, 5) is 0. The van der Waals surface area contributed by atoms with Gasteiger partial charge in [-0.25, -0.2) is 0 Å². The molecule has 11 heavy (non-hydrogen) atoms. The van der Waals surface area contributed by atoms with Gasteiger partial charge in [-0.2, -0.15) is 13.2 Å². The van der Waals surface area contributed by atoms with Crippen LogP contribution in [0.2, 0.25) is 0 Å². The Morgan fingerprint density at radius 3 is 2.36 bits per heavy atom. The molecule has 0 aromatic rings. The van der Waals surface area contributed by atoms with Crippen LogP contribution in [0.15, 0.2) is 0 Å². The van der Waals surface area contributed by atoms with Crippen LogP contribution in [0.4, 0.5) is 13.2 Å². The van der Waals surface area contributed by atoms with Crippen molar-refractivity contribution >= 4 is 0 Å². The van der Waals surface area contributed by atoms with Gasteiger partial charge in [0.25, 0.3) is 0 Å². The van der Waals surface area contributed by atoms with Gasteiger partial charge in [0.15, 0.2) is 0 Å². The van der Waals surface area contributed by atoms with E-state index in [-0.39, 0.29) is 6.04 Å². The van der Waals surface area contributed by atoms with Crippen LogP contribution < -0.4 is 11.1 Å². The summed E-state index contributed by atoms with van der Waals surface area (Å²) in [6.45, 7) is 0.890. The molecular weight excluding hydrogens is 157 g/mol. The number of alkyl halides is 3. The molecular formula is C6H11F3N2. The van der Waals surface area contributed by atoms with Crippen LogP contribution in [-0.4, -0.2) is 25.3 Å². The average Bonchev–Trinajstić information content (AvgIpc) is 2.12. The second-order valence-electron chi connectivity index (χ2n) is 2.90. The van der Waals surface area contributed by atoms with Gasteiger partial charge in [0, 0.05) is 19.0 Å². The molecule has 0 bridgehead atoms. The summed E-state index contributed by atoms with van der Waals surface area (Å²) in [7, 11) is 0.